The zero-order valence-electron chi connectivity index (χ0n) is 8.65. The first kappa shape index (κ1) is 11.9. The van der Waals surface area contributed by atoms with Gasteiger partial charge in [-0.1, -0.05) is 18.2 Å². The molecule has 0 heterocycles. The quantitative estimate of drug-likeness (QED) is 0.585. The Labute approximate surface area is 94.6 Å². The number of carbonyl (C=O) groups excluding carboxylic acids is 1. The fourth-order valence-corrected chi connectivity index (χ4v) is 1.18. The molecule has 0 spiro atoms. The third-order valence-corrected chi connectivity index (χ3v) is 2.19. The van der Waals surface area contributed by atoms with Crippen LogP contribution in [0.25, 0.3) is 0 Å². The molecule has 4 heteroatoms. The van der Waals surface area contributed by atoms with Crippen molar-refractivity contribution in [1.82, 2.24) is 0 Å². The Morgan fingerprint density at radius 3 is 2.67 bits per heavy atom. The average Bonchev–Trinajstić information content (AvgIpc) is 2.29. The van der Waals surface area contributed by atoms with Crippen molar-refractivity contribution >= 4 is 23.4 Å². The first-order valence-corrected chi connectivity index (χ1v) is 5.30. The Morgan fingerprint density at radius 1 is 1.40 bits per heavy atom. The second kappa shape index (κ2) is 6.30. The van der Waals surface area contributed by atoms with Crippen LogP contribution in [0.2, 0.25) is 0 Å². The topological polar surface area (TPSA) is 29.5 Å². The highest BCUT2D eigenvalue weighted by Gasteiger charge is 2.10. The Morgan fingerprint density at radius 2 is 2.07 bits per heavy atom. The standard InChI is InChI=1S/C11H14ClNO2/c1-13(10-6-3-2-4-7-10)11(14)15-9-5-8-12/h2-4,6-7H,5,8-9H2,1H3. The van der Waals surface area contributed by atoms with Gasteiger partial charge in [-0.3, -0.25) is 4.90 Å². The van der Waals surface area contributed by atoms with Gasteiger partial charge in [0.1, 0.15) is 0 Å². The fourth-order valence-electron chi connectivity index (χ4n) is 1.07. The molecule has 1 amide bonds. The summed E-state index contributed by atoms with van der Waals surface area (Å²) in [6.45, 7) is 0.361. The maximum Gasteiger partial charge on any atom is 0.414 e. The molecule has 0 bridgehead atoms. The maximum absolute atomic E-state index is 11.5. The lowest BCUT2D eigenvalue weighted by Crippen LogP contribution is -2.27. The van der Waals surface area contributed by atoms with Crippen LogP contribution in [0.5, 0.6) is 0 Å². The molecule has 0 unspecified atom stereocenters. The second-order valence-corrected chi connectivity index (χ2v) is 3.43. The van der Waals surface area contributed by atoms with Crippen molar-refractivity contribution in [3.63, 3.8) is 0 Å². The molecule has 0 aliphatic heterocycles. The number of alkyl halides is 1. The number of rotatable bonds is 4. The van der Waals surface area contributed by atoms with Crippen LogP contribution >= 0.6 is 11.6 Å². The molecule has 0 aliphatic rings. The van der Waals surface area contributed by atoms with Crippen molar-refractivity contribution in [2.75, 3.05) is 24.4 Å². The molecule has 0 radical (unpaired) electrons. The van der Waals surface area contributed by atoms with Crippen molar-refractivity contribution in [2.45, 2.75) is 6.42 Å². The maximum atomic E-state index is 11.5. The predicted octanol–water partition coefficient (Wildman–Crippen LogP) is 2.89. The van der Waals surface area contributed by atoms with E-state index in [0.717, 1.165) is 5.69 Å². The first-order valence-electron chi connectivity index (χ1n) is 4.77. The highest BCUT2D eigenvalue weighted by atomic mass is 35.5. The van der Waals surface area contributed by atoms with E-state index in [1.165, 1.54) is 4.90 Å². The summed E-state index contributed by atoms with van der Waals surface area (Å²) in [5.41, 5.74) is 0.813. The lowest BCUT2D eigenvalue weighted by molar-refractivity contribution is 0.155. The molecule has 3 nitrogen and oxygen atoms in total. The molecule has 0 saturated heterocycles. The number of amides is 1. The molecule has 82 valence electrons. The molecule has 15 heavy (non-hydrogen) atoms. The molecular weight excluding hydrogens is 214 g/mol. The minimum atomic E-state index is -0.355. The van der Waals surface area contributed by atoms with Crippen LogP contribution < -0.4 is 4.90 Å². The lowest BCUT2D eigenvalue weighted by Gasteiger charge is -2.16. The molecule has 0 aromatic heterocycles. The Hall–Kier alpha value is -1.22. The zero-order chi connectivity index (χ0) is 11.1. The van der Waals surface area contributed by atoms with Crippen LogP contribution in [-0.2, 0) is 4.74 Å². The van der Waals surface area contributed by atoms with Gasteiger partial charge in [0.2, 0.25) is 0 Å². The number of para-hydroxylation sites is 1. The number of nitrogens with zero attached hydrogens (tertiary/aromatic N) is 1. The van der Waals surface area contributed by atoms with E-state index in [1.807, 2.05) is 30.3 Å². The third kappa shape index (κ3) is 3.80. The Kier molecular flexibility index (Phi) is 4.98. The van der Waals surface area contributed by atoms with E-state index < -0.39 is 0 Å². The summed E-state index contributed by atoms with van der Waals surface area (Å²) in [6.07, 6.45) is 0.321. The van der Waals surface area contributed by atoms with E-state index in [1.54, 1.807) is 7.05 Å². The number of halogens is 1. The third-order valence-electron chi connectivity index (χ3n) is 1.92. The molecule has 1 rings (SSSR count). The smallest absolute Gasteiger partial charge is 0.414 e. The number of anilines is 1. The minimum absolute atomic E-state index is 0.355. The van der Waals surface area contributed by atoms with Gasteiger partial charge in [-0.15, -0.1) is 11.6 Å². The van der Waals surface area contributed by atoms with Gasteiger partial charge in [0.15, 0.2) is 0 Å². The minimum Gasteiger partial charge on any atom is -0.449 e. The van der Waals surface area contributed by atoms with Gasteiger partial charge in [0.05, 0.1) is 6.61 Å². The molecule has 0 aliphatic carbocycles. The van der Waals surface area contributed by atoms with E-state index >= 15 is 0 Å². The fraction of sp³-hybridized carbons (Fsp3) is 0.364. The van der Waals surface area contributed by atoms with E-state index in [9.17, 15) is 4.79 Å². The van der Waals surface area contributed by atoms with Gasteiger partial charge in [0, 0.05) is 18.6 Å². The van der Waals surface area contributed by atoms with Crippen molar-refractivity contribution in [2.24, 2.45) is 0 Å². The summed E-state index contributed by atoms with van der Waals surface area (Å²) < 4.78 is 5.00. The number of benzene rings is 1. The predicted molar refractivity (Wildman–Crippen MR) is 61.5 cm³/mol. The summed E-state index contributed by atoms with van der Waals surface area (Å²) in [7, 11) is 1.68. The van der Waals surface area contributed by atoms with Crippen molar-refractivity contribution in [1.29, 1.82) is 0 Å². The van der Waals surface area contributed by atoms with E-state index in [4.69, 9.17) is 16.3 Å². The Bertz CT molecular complexity index is 303. The summed E-state index contributed by atoms with van der Waals surface area (Å²) in [6, 6.07) is 9.34. The van der Waals surface area contributed by atoms with Crippen LogP contribution in [0.1, 0.15) is 6.42 Å². The van der Waals surface area contributed by atoms with E-state index in [2.05, 4.69) is 0 Å². The van der Waals surface area contributed by atoms with Crippen LogP contribution in [-0.4, -0.2) is 25.6 Å². The van der Waals surface area contributed by atoms with Crippen LogP contribution in [0.4, 0.5) is 10.5 Å². The molecule has 1 aromatic rings. The zero-order valence-corrected chi connectivity index (χ0v) is 9.41. The molecule has 0 atom stereocenters. The summed E-state index contributed by atoms with van der Waals surface area (Å²) in [5, 5.41) is 0. The van der Waals surface area contributed by atoms with Crippen LogP contribution in [0.3, 0.4) is 0 Å². The van der Waals surface area contributed by atoms with Crippen molar-refractivity contribution < 1.29 is 9.53 Å². The van der Waals surface area contributed by atoms with Gasteiger partial charge in [-0.05, 0) is 18.6 Å². The van der Waals surface area contributed by atoms with Crippen LogP contribution in [0, 0.1) is 0 Å². The number of hydrogen-bond donors (Lipinski definition) is 0. The van der Waals surface area contributed by atoms with Gasteiger partial charge >= 0.3 is 6.09 Å². The average molecular weight is 228 g/mol. The molecule has 0 saturated carbocycles. The lowest BCUT2D eigenvalue weighted by atomic mass is 10.3. The van der Waals surface area contributed by atoms with Crippen molar-refractivity contribution in [3.8, 4) is 0 Å². The number of ether oxygens (including phenoxy) is 1. The van der Waals surface area contributed by atoms with E-state index in [0.29, 0.717) is 18.9 Å². The summed E-state index contributed by atoms with van der Waals surface area (Å²) >= 11 is 5.48. The van der Waals surface area contributed by atoms with Gasteiger partial charge in [-0.2, -0.15) is 0 Å². The number of carbonyl (C=O) groups is 1. The Balaban J connectivity index is 2.46. The highest BCUT2D eigenvalue weighted by molar-refractivity contribution is 6.17. The molecule has 0 fully saturated rings. The highest BCUT2D eigenvalue weighted by Crippen LogP contribution is 2.11. The van der Waals surface area contributed by atoms with Crippen LogP contribution in [0.15, 0.2) is 30.3 Å². The van der Waals surface area contributed by atoms with E-state index in [-0.39, 0.29) is 6.09 Å². The monoisotopic (exact) mass is 227 g/mol. The SMILES string of the molecule is CN(C(=O)OCCCCl)c1ccccc1. The van der Waals surface area contributed by atoms with Gasteiger partial charge < -0.3 is 4.74 Å². The molecule has 1 aromatic carbocycles. The molecular formula is C11H14ClNO2. The van der Waals surface area contributed by atoms with Crippen molar-refractivity contribution in [3.05, 3.63) is 30.3 Å². The van der Waals surface area contributed by atoms with Gasteiger partial charge in [0.25, 0.3) is 0 Å². The second-order valence-electron chi connectivity index (χ2n) is 3.05. The largest absolute Gasteiger partial charge is 0.449 e. The molecule has 0 N–H and O–H groups in total. The summed E-state index contributed by atoms with van der Waals surface area (Å²) in [4.78, 5) is 12.9. The number of hydrogen-bond acceptors (Lipinski definition) is 2. The normalized spacial score (nSPS) is 9.73. The van der Waals surface area contributed by atoms with Gasteiger partial charge in [-0.25, -0.2) is 4.79 Å². The summed E-state index contributed by atoms with van der Waals surface area (Å²) in [5.74, 6) is 0.502. The first-order chi connectivity index (χ1) is 7.25.